The van der Waals surface area contributed by atoms with E-state index < -0.39 is 33.7 Å². The molecule has 1 aliphatic rings. The SMILES string of the molecule is Cc1noc([C@@H]2CC[C@H](CNS(=O)(=O)C(C)C(F)(F)F)O2)n1. The van der Waals surface area contributed by atoms with E-state index in [1.165, 1.54) is 0 Å². The van der Waals surface area contributed by atoms with E-state index in [1.807, 2.05) is 4.72 Å². The molecular weight excluding hydrogens is 327 g/mol. The van der Waals surface area contributed by atoms with Gasteiger partial charge < -0.3 is 9.26 Å². The number of aromatic nitrogens is 2. The molecule has 126 valence electrons. The molecule has 0 spiro atoms. The summed E-state index contributed by atoms with van der Waals surface area (Å²) in [7, 11) is -4.49. The van der Waals surface area contributed by atoms with Crippen LogP contribution < -0.4 is 4.72 Å². The van der Waals surface area contributed by atoms with Gasteiger partial charge in [0, 0.05) is 6.54 Å². The van der Waals surface area contributed by atoms with Gasteiger partial charge in [-0.05, 0) is 26.7 Å². The van der Waals surface area contributed by atoms with E-state index in [9.17, 15) is 21.6 Å². The van der Waals surface area contributed by atoms with E-state index in [2.05, 4.69) is 10.1 Å². The maximum Gasteiger partial charge on any atom is 0.406 e. The van der Waals surface area contributed by atoms with Gasteiger partial charge in [0.2, 0.25) is 10.0 Å². The van der Waals surface area contributed by atoms with Crippen molar-refractivity contribution < 1.29 is 30.8 Å². The van der Waals surface area contributed by atoms with Crippen molar-refractivity contribution in [3.63, 3.8) is 0 Å². The molecule has 0 aliphatic carbocycles. The molecule has 1 aromatic rings. The average molecular weight is 343 g/mol. The summed E-state index contributed by atoms with van der Waals surface area (Å²) >= 11 is 0. The smallest absolute Gasteiger partial charge is 0.364 e. The molecule has 1 saturated heterocycles. The second-order valence-electron chi connectivity index (χ2n) is 5.08. The standard InChI is InChI=1S/C11H16F3N3O4S/c1-6(11(12,13)14)22(18,19)15-5-8-3-4-9(20-8)10-16-7(2)17-21-10/h6,8-9,15H,3-5H2,1-2H3/t6?,8-,9+/m1/s1. The molecule has 0 amide bonds. The maximum atomic E-state index is 12.5. The Morgan fingerprint density at radius 2 is 2.09 bits per heavy atom. The van der Waals surface area contributed by atoms with Gasteiger partial charge in [0.15, 0.2) is 11.1 Å². The minimum Gasteiger partial charge on any atom is -0.364 e. The number of ether oxygens (including phenoxy) is 1. The number of alkyl halides is 3. The Hall–Kier alpha value is -1.20. The molecule has 1 aromatic heterocycles. The predicted octanol–water partition coefficient (Wildman–Crippen LogP) is 1.47. The molecule has 2 rings (SSSR count). The third-order valence-corrected chi connectivity index (χ3v) is 5.13. The molecule has 0 aromatic carbocycles. The second kappa shape index (κ2) is 6.13. The largest absolute Gasteiger partial charge is 0.406 e. The topological polar surface area (TPSA) is 94.3 Å². The number of nitrogens with one attached hydrogen (secondary N) is 1. The fourth-order valence-corrected chi connectivity index (χ4v) is 3.01. The first-order valence-electron chi connectivity index (χ1n) is 6.60. The molecule has 22 heavy (non-hydrogen) atoms. The van der Waals surface area contributed by atoms with Gasteiger partial charge in [-0.1, -0.05) is 5.16 Å². The van der Waals surface area contributed by atoms with E-state index >= 15 is 0 Å². The summed E-state index contributed by atoms with van der Waals surface area (Å²) in [6.07, 6.45) is -4.80. The third kappa shape index (κ3) is 3.96. The van der Waals surface area contributed by atoms with Crippen LogP contribution in [0.4, 0.5) is 13.2 Å². The summed E-state index contributed by atoms with van der Waals surface area (Å²) < 4.78 is 72.9. The first-order valence-corrected chi connectivity index (χ1v) is 8.15. The Kier molecular flexibility index (Phi) is 4.78. The Labute approximate surface area is 125 Å². The van der Waals surface area contributed by atoms with Gasteiger partial charge in [-0.25, -0.2) is 13.1 Å². The zero-order chi connectivity index (χ0) is 16.5. The molecule has 1 fully saturated rings. The van der Waals surface area contributed by atoms with E-state index in [1.54, 1.807) is 6.92 Å². The lowest BCUT2D eigenvalue weighted by Gasteiger charge is -2.18. The molecule has 0 saturated carbocycles. The molecule has 7 nitrogen and oxygen atoms in total. The molecule has 1 N–H and O–H groups in total. The number of aryl methyl sites for hydroxylation is 1. The number of nitrogens with zero attached hydrogens (tertiary/aromatic N) is 2. The summed E-state index contributed by atoms with van der Waals surface area (Å²) in [6, 6.07) is 0. The summed E-state index contributed by atoms with van der Waals surface area (Å²) in [4.78, 5) is 4.01. The van der Waals surface area contributed by atoms with E-state index in [-0.39, 0.29) is 12.4 Å². The van der Waals surface area contributed by atoms with Crippen LogP contribution in [-0.2, 0) is 14.8 Å². The Morgan fingerprint density at radius 3 is 2.64 bits per heavy atom. The number of rotatable bonds is 5. The molecule has 1 aliphatic heterocycles. The zero-order valence-electron chi connectivity index (χ0n) is 11.9. The Bertz CT molecular complexity index is 616. The second-order valence-corrected chi connectivity index (χ2v) is 7.17. The minimum atomic E-state index is -4.81. The number of hydrogen-bond acceptors (Lipinski definition) is 6. The summed E-state index contributed by atoms with van der Waals surface area (Å²) in [6.45, 7) is 2.01. The number of halogens is 3. The van der Waals surface area contributed by atoms with Gasteiger partial charge in [-0.15, -0.1) is 0 Å². The van der Waals surface area contributed by atoms with Crippen molar-refractivity contribution in [1.82, 2.24) is 14.9 Å². The van der Waals surface area contributed by atoms with Gasteiger partial charge in [0.05, 0.1) is 6.10 Å². The van der Waals surface area contributed by atoms with Crippen molar-refractivity contribution in [2.45, 2.75) is 50.3 Å². The number of sulfonamides is 1. The first kappa shape index (κ1) is 17.2. The van der Waals surface area contributed by atoms with Crippen LogP contribution in [-0.4, -0.2) is 42.6 Å². The third-order valence-electron chi connectivity index (χ3n) is 3.36. The van der Waals surface area contributed by atoms with E-state index in [4.69, 9.17) is 9.26 Å². The molecule has 11 heteroatoms. The van der Waals surface area contributed by atoms with Crippen molar-refractivity contribution in [2.75, 3.05) is 6.54 Å². The lowest BCUT2D eigenvalue weighted by Crippen LogP contribution is -2.44. The molecule has 0 bridgehead atoms. The highest BCUT2D eigenvalue weighted by molar-refractivity contribution is 7.90. The quantitative estimate of drug-likeness (QED) is 0.870. The molecule has 2 heterocycles. The number of hydrogen-bond donors (Lipinski definition) is 1. The van der Waals surface area contributed by atoms with Crippen molar-refractivity contribution in [3.05, 3.63) is 11.7 Å². The summed E-state index contributed by atoms with van der Waals surface area (Å²) in [5.41, 5.74) is 0. The highest BCUT2D eigenvalue weighted by Gasteiger charge is 2.45. The van der Waals surface area contributed by atoms with Crippen LogP contribution in [0.25, 0.3) is 0 Å². The van der Waals surface area contributed by atoms with E-state index in [0.717, 1.165) is 0 Å². The van der Waals surface area contributed by atoms with Crippen LogP contribution in [0.3, 0.4) is 0 Å². The maximum absolute atomic E-state index is 12.5. The van der Waals surface area contributed by atoms with Gasteiger partial charge in [0.1, 0.15) is 6.10 Å². The van der Waals surface area contributed by atoms with Crippen LogP contribution >= 0.6 is 0 Å². The Morgan fingerprint density at radius 1 is 1.41 bits per heavy atom. The van der Waals surface area contributed by atoms with Gasteiger partial charge in [0.25, 0.3) is 5.89 Å². The van der Waals surface area contributed by atoms with Crippen LogP contribution in [0.15, 0.2) is 4.52 Å². The van der Waals surface area contributed by atoms with Crippen molar-refractivity contribution in [1.29, 1.82) is 0 Å². The lowest BCUT2D eigenvalue weighted by molar-refractivity contribution is -0.127. The van der Waals surface area contributed by atoms with Crippen molar-refractivity contribution >= 4 is 10.0 Å². The van der Waals surface area contributed by atoms with Crippen LogP contribution in [0, 0.1) is 6.92 Å². The van der Waals surface area contributed by atoms with Gasteiger partial charge in [-0.2, -0.15) is 18.2 Å². The van der Waals surface area contributed by atoms with E-state index in [0.29, 0.717) is 25.6 Å². The highest BCUT2D eigenvalue weighted by atomic mass is 32.2. The monoisotopic (exact) mass is 343 g/mol. The fraction of sp³-hybridized carbons (Fsp3) is 0.818. The fourth-order valence-electron chi connectivity index (χ4n) is 1.99. The normalized spacial score (nSPS) is 24.6. The molecular formula is C11H16F3N3O4S. The lowest BCUT2D eigenvalue weighted by atomic mass is 10.2. The van der Waals surface area contributed by atoms with Crippen LogP contribution in [0.1, 0.15) is 37.6 Å². The highest BCUT2D eigenvalue weighted by Crippen LogP contribution is 2.32. The summed E-state index contributed by atoms with van der Waals surface area (Å²) in [5.74, 6) is 0.730. The van der Waals surface area contributed by atoms with Crippen LogP contribution in [0.5, 0.6) is 0 Å². The minimum absolute atomic E-state index is 0.230. The molecule has 0 radical (unpaired) electrons. The van der Waals surface area contributed by atoms with Gasteiger partial charge >= 0.3 is 6.18 Å². The van der Waals surface area contributed by atoms with Crippen molar-refractivity contribution in [3.8, 4) is 0 Å². The van der Waals surface area contributed by atoms with Crippen molar-refractivity contribution in [2.24, 2.45) is 0 Å². The molecule has 3 atom stereocenters. The molecule has 1 unspecified atom stereocenters. The Balaban J connectivity index is 1.88. The first-order chi connectivity index (χ1) is 10.1. The van der Waals surface area contributed by atoms with Gasteiger partial charge in [-0.3, -0.25) is 0 Å². The van der Waals surface area contributed by atoms with Crippen LogP contribution in [0.2, 0.25) is 0 Å². The average Bonchev–Trinajstić information content (AvgIpc) is 3.03. The summed E-state index contributed by atoms with van der Waals surface area (Å²) in [5, 5.41) is 1.14. The zero-order valence-corrected chi connectivity index (χ0v) is 12.7. The predicted molar refractivity (Wildman–Crippen MR) is 68.3 cm³/mol.